The van der Waals surface area contributed by atoms with Crippen LogP contribution >= 0.6 is 23.2 Å². The molecule has 0 atom stereocenters. The van der Waals surface area contributed by atoms with Crippen molar-refractivity contribution in [1.29, 1.82) is 0 Å². The molecule has 2 aromatic rings. The molecule has 0 bridgehead atoms. The summed E-state index contributed by atoms with van der Waals surface area (Å²) in [7, 11) is 3.90. The summed E-state index contributed by atoms with van der Waals surface area (Å²) in [5, 5.41) is 7.18. The zero-order chi connectivity index (χ0) is 18.2. The maximum Gasteiger partial charge on any atom is 0.254 e. The Morgan fingerprint density at radius 3 is 2.52 bits per heavy atom. The van der Waals surface area contributed by atoms with Gasteiger partial charge in [0.2, 0.25) is 5.95 Å². The Morgan fingerprint density at radius 1 is 1.16 bits per heavy atom. The molecule has 1 amide bonds. The molecule has 0 aliphatic heterocycles. The van der Waals surface area contributed by atoms with Gasteiger partial charge in [-0.25, -0.2) is 9.97 Å². The third-order valence-electron chi connectivity index (χ3n) is 3.45. The maximum absolute atomic E-state index is 11.9. The molecule has 0 aliphatic rings. The molecule has 0 fully saturated rings. The number of carbonyl (C=O) groups excluding carboxylic acids is 1. The number of halogens is 2. The lowest BCUT2D eigenvalue weighted by Crippen LogP contribution is -2.31. The predicted molar refractivity (Wildman–Crippen MR) is 102 cm³/mol. The highest BCUT2D eigenvalue weighted by molar-refractivity contribution is 6.35. The van der Waals surface area contributed by atoms with Crippen LogP contribution in [0.3, 0.4) is 0 Å². The van der Waals surface area contributed by atoms with E-state index < -0.39 is 0 Å². The van der Waals surface area contributed by atoms with E-state index in [0.29, 0.717) is 41.1 Å². The molecule has 2 N–H and O–H groups in total. The molecular weight excluding hydrogens is 361 g/mol. The van der Waals surface area contributed by atoms with Gasteiger partial charge >= 0.3 is 0 Å². The van der Waals surface area contributed by atoms with Gasteiger partial charge in [-0.15, -0.1) is 0 Å². The highest BCUT2D eigenvalue weighted by Gasteiger charge is 2.07. The fraction of sp³-hybridized carbons (Fsp3) is 0.353. The molecule has 1 heterocycles. The van der Waals surface area contributed by atoms with Crippen molar-refractivity contribution in [2.45, 2.75) is 6.42 Å². The summed E-state index contributed by atoms with van der Waals surface area (Å²) >= 11 is 12.0. The summed E-state index contributed by atoms with van der Waals surface area (Å²) in [4.78, 5) is 22.3. The lowest BCUT2D eigenvalue weighted by Gasteiger charge is -2.10. The molecule has 8 heteroatoms. The van der Waals surface area contributed by atoms with Gasteiger partial charge in [0, 0.05) is 42.1 Å². The number of likely N-dealkylation sites (N-methyl/N-ethyl adjacent to an activating group) is 1. The molecule has 0 unspecified atom stereocenters. The van der Waals surface area contributed by atoms with Gasteiger partial charge in [0.15, 0.2) is 0 Å². The zero-order valence-electron chi connectivity index (χ0n) is 14.2. The number of aromatic nitrogens is 2. The Hall–Kier alpha value is -1.89. The average Bonchev–Trinajstić information content (AvgIpc) is 2.57. The Labute approximate surface area is 157 Å². The van der Waals surface area contributed by atoms with Crippen molar-refractivity contribution in [1.82, 2.24) is 20.2 Å². The van der Waals surface area contributed by atoms with Crippen LogP contribution in [0.25, 0.3) is 0 Å². The van der Waals surface area contributed by atoms with Crippen LogP contribution in [0.4, 0.5) is 5.95 Å². The minimum Gasteiger partial charge on any atom is -0.354 e. The molecule has 25 heavy (non-hydrogen) atoms. The number of carbonyl (C=O) groups is 1. The van der Waals surface area contributed by atoms with Gasteiger partial charge in [0.25, 0.3) is 5.91 Å². The third kappa shape index (κ3) is 6.49. The fourth-order valence-electron chi connectivity index (χ4n) is 2.07. The lowest BCUT2D eigenvalue weighted by molar-refractivity contribution is 0.0950. The Kier molecular flexibility index (Phi) is 7.43. The highest BCUT2D eigenvalue weighted by Crippen LogP contribution is 2.21. The number of benzene rings is 1. The van der Waals surface area contributed by atoms with Gasteiger partial charge in [-0.3, -0.25) is 4.79 Å². The largest absolute Gasteiger partial charge is 0.354 e. The van der Waals surface area contributed by atoms with E-state index in [0.717, 1.165) is 12.1 Å². The van der Waals surface area contributed by atoms with Gasteiger partial charge in [-0.1, -0.05) is 29.3 Å². The van der Waals surface area contributed by atoms with Gasteiger partial charge in [0.1, 0.15) is 0 Å². The number of amides is 1. The van der Waals surface area contributed by atoms with Crippen LogP contribution in [0.15, 0.2) is 30.6 Å². The molecule has 0 saturated heterocycles. The topological polar surface area (TPSA) is 70.2 Å². The maximum atomic E-state index is 11.9. The highest BCUT2D eigenvalue weighted by atomic mass is 35.5. The standard InChI is InChI=1S/C17H21Cl2N5O/c1-24(2)8-7-20-16(25)13-10-22-17(23-11-13)21-6-5-12-3-4-14(18)9-15(12)19/h3-4,9-11H,5-8H2,1-2H3,(H,20,25)(H,21,22,23). The van der Waals surface area contributed by atoms with E-state index in [2.05, 4.69) is 20.6 Å². The van der Waals surface area contributed by atoms with Crippen LogP contribution in [0.2, 0.25) is 10.0 Å². The van der Waals surface area contributed by atoms with E-state index in [1.165, 1.54) is 12.4 Å². The Morgan fingerprint density at radius 2 is 1.88 bits per heavy atom. The molecule has 0 saturated carbocycles. The van der Waals surface area contributed by atoms with E-state index >= 15 is 0 Å². The molecule has 2 rings (SSSR count). The quantitative estimate of drug-likeness (QED) is 0.735. The number of hydrogen-bond acceptors (Lipinski definition) is 5. The van der Waals surface area contributed by atoms with Crippen LogP contribution < -0.4 is 10.6 Å². The minimum atomic E-state index is -0.179. The summed E-state index contributed by atoms with van der Waals surface area (Å²) in [6.45, 7) is 1.98. The summed E-state index contributed by atoms with van der Waals surface area (Å²) < 4.78 is 0. The van der Waals surface area contributed by atoms with Crippen LogP contribution in [0.1, 0.15) is 15.9 Å². The smallest absolute Gasteiger partial charge is 0.254 e. The van der Waals surface area contributed by atoms with E-state index in [1.807, 2.05) is 31.1 Å². The van der Waals surface area contributed by atoms with Crippen molar-refractivity contribution >= 4 is 35.1 Å². The van der Waals surface area contributed by atoms with Gasteiger partial charge in [-0.2, -0.15) is 0 Å². The van der Waals surface area contributed by atoms with Crippen molar-refractivity contribution in [3.8, 4) is 0 Å². The van der Waals surface area contributed by atoms with Gasteiger partial charge in [0.05, 0.1) is 5.56 Å². The Balaban J connectivity index is 1.80. The second kappa shape index (κ2) is 9.56. The second-order valence-electron chi connectivity index (χ2n) is 5.77. The molecule has 0 spiro atoms. The lowest BCUT2D eigenvalue weighted by atomic mass is 10.1. The molecule has 1 aromatic heterocycles. The number of hydrogen-bond donors (Lipinski definition) is 2. The van der Waals surface area contributed by atoms with E-state index in [4.69, 9.17) is 23.2 Å². The Bertz CT molecular complexity index is 707. The van der Waals surface area contributed by atoms with Crippen molar-refractivity contribution < 1.29 is 4.79 Å². The van der Waals surface area contributed by atoms with Gasteiger partial charge in [-0.05, 0) is 38.2 Å². The fourth-order valence-corrected chi connectivity index (χ4v) is 2.57. The average molecular weight is 382 g/mol. The van der Waals surface area contributed by atoms with Crippen LogP contribution in [0.5, 0.6) is 0 Å². The van der Waals surface area contributed by atoms with Crippen molar-refractivity contribution in [3.05, 3.63) is 51.8 Å². The SMILES string of the molecule is CN(C)CCNC(=O)c1cnc(NCCc2ccc(Cl)cc2Cl)nc1. The summed E-state index contributed by atoms with van der Waals surface area (Å²) in [5.41, 5.74) is 1.43. The van der Waals surface area contributed by atoms with E-state index in [9.17, 15) is 4.79 Å². The van der Waals surface area contributed by atoms with Crippen LogP contribution in [-0.2, 0) is 6.42 Å². The van der Waals surface area contributed by atoms with E-state index in [1.54, 1.807) is 6.07 Å². The molecule has 0 aliphatic carbocycles. The summed E-state index contributed by atoms with van der Waals surface area (Å²) in [5.74, 6) is 0.288. The first-order valence-electron chi connectivity index (χ1n) is 7.88. The predicted octanol–water partition coefficient (Wildman–Crippen LogP) is 2.73. The normalized spacial score (nSPS) is 10.8. The molecule has 0 radical (unpaired) electrons. The number of rotatable bonds is 8. The minimum absolute atomic E-state index is 0.179. The van der Waals surface area contributed by atoms with Crippen LogP contribution in [0, 0.1) is 0 Å². The van der Waals surface area contributed by atoms with Crippen LogP contribution in [-0.4, -0.2) is 54.5 Å². The summed E-state index contributed by atoms with van der Waals surface area (Å²) in [6, 6.07) is 5.43. The first-order chi connectivity index (χ1) is 12.0. The number of nitrogens with one attached hydrogen (secondary N) is 2. The van der Waals surface area contributed by atoms with Gasteiger partial charge < -0.3 is 15.5 Å². The molecule has 1 aromatic carbocycles. The first kappa shape index (κ1) is 19.4. The number of anilines is 1. The second-order valence-corrected chi connectivity index (χ2v) is 6.61. The molecule has 6 nitrogen and oxygen atoms in total. The molecule has 134 valence electrons. The molecular formula is C17H21Cl2N5O. The van der Waals surface area contributed by atoms with E-state index in [-0.39, 0.29) is 5.91 Å². The van der Waals surface area contributed by atoms with Crippen molar-refractivity contribution in [2.24, 2.45) is 0 Å². The monoisotopic (exact) mass is 381 g/mol. The summed E-state index contributed by atoms with van der Waals surface area (Å²) in [6.07, 6.45) is 3.73. The zero-order valence-corrected chi connectivity index (χ0v) is 15.7. The first-order valence-corrected chi connectivity index (χ1v) is 8.64. The number of nitrogens with zero attached hydrogens (tertiary/aromatic N) is 3. The third-order valence-corrected chi connectivity index (χ3v) is 4.04. The van der Waals surface area contributed by atoms with Crippen molar-refractivity contribution in [2.75, 3.05) is 39.0 Å². The van der Waals surface area contributed by atoms with Crippen molar-refractivity contribution in [3.63, 3.8) is 0 Å².